The van der Waals surface area contributed by atoms with Gasteiger partial charge in [0.05, 0.1) is 0 Å². The molecular formula is C23H23N3O3. The number of amides is 1. The first-order chi connectivity index (χ1) is 14.3. The van der Waals surface area contributed by atoms with Gasteiger partial charge in [-0.2, -0.15) is 0 Å². The predicted molar refractivity (Wildman–Crippen MR) is 113 cm³/mol. The Morgan fingerprint density at radius 3 is 2.62 bits per heavy atom. The van der Waals surface area contributed by atoms with E-state index in [2.05, 4.69) is 39.9 Å². The summed E-state index contributed by atoms with van der Waals surface area (Å²) in [6, 6.07) is 19.4. The van der Waals surface area contributed by atoms with Gasteiger partial charge in [0.1, 0.15) is 18.9 Å². The summed E-state index contributed by atoms with van der Waals surface area (Å²) in [7, 11) is 0. The van der Waals surface area contributed by atoms with Crippen molar-refractivity contribution in [2.75, 3.05) is 30.4 Å². The van der Waals surface area contributed by atoms with E-state index in [1.165, 1.54) is 5.56 Å². The standard InChI is InChI=1S/C23H23N3O3/c27-23(26-19-8-9-21-22(16-19)29-14-13-28-21)20-15-18(10-12-25-20)24-11-4-7-17-5-2-1-3-6-17/h1-3,5-6,8-10,12,15-16H,4,7,11,13-14H2,(H,24,25)(H,26,27). The molecule has 0 saturated heterocycles. The minimum atomic E-state index is -0.269. The van der Waals surface area contributed by atoms with Crippen LogP contribution in [0.25, 0.3) is 0 Å². The molecule has 1 aliphatic heterocycles. The average Bonchev–Trinajstić information content (AvgIpc) is 2.77. The minimum Gasteiger partial charge on any atom is -0.486 e. The molecule has 0 fully saturated rings. The molecule has 0 atom stereocenters. The lowest BCUT2D eigenvalue weighted by Crippen LogP contribution is -2.17. The summed E-state index contributed by atoms with van der Waals surface area (Å²) in [4.78, 5) is 16.8. The van der Waals surface area contributed by atoms with Gasteiger partial charge >= 0.3 is 0 Å². The van der Waals surface area contributed by atoms with Gasteiger partial charge in [-0.3, -0.25) is 9.78 Å². The fourth-order valence-corrected chi connectivity index (χ4v) is 3.15. The van der Waals surface area contributed by atoms with Crippen LogP contribution in [0, 0.1) is 0 Å². The van der Waals surface area contributed by atoms with Crippen LogP contribution >= 0.6 is 0 Å². The molecule has 4 rings (SSSR count). The number of nitrogens with one attached hydrogen (secondary N) is 2. The lowest BCUT2D eigenvalue weighted by Gasteiger charge is -2.19. The number of aromatic nitrogens is 1. The number of carbonyl (C=O) groups excluding carboxylic acids is 1. The normalized spacial score (nSPS) is 12.3. The summed E-state index contributed by atoms with van der Waals surface area (Å²) in [6.45, 7) is 1.86. The summed E-state index contributed by atoms with van der Waals surface area (Å²) >= 11 is 0. The molecule has 2 N–H and O–H groups in total. The quantitative estimate of drug-likeness (QED) is 0.594. The maximum Gasteiger partial charge on any atom is 0.274 e. The Hall–Kier alpha value is -3.54. The summed E-state index contributed by atoms with van der Waals surface area (Å²) in [6.07, 6.45) is 3.65. The van der Waals surface area contributed by atoms with E-state index in [1.54, 1.807) is 30.5 Å². The summed E-state index contributed by atoms with van der Waals surface area (Å²) in [5.41, 5.74) is 3.19. The first kappa shape index (κ1) is 18.8. The summed E-state index contributed by atoms with van der Waals surface area (Å²) in [5.74, 6) is 1.06. The van der Waals surface area contributed by atoms with Crippen molar-refractivity contribution in [3.63, 3.8) is 0 Å². The van der Waals surface area contributed by atoms with Crippen LogP contribution in [0.2, 0.25) is 0 Å². The zero-order chi connectivity index (χ0) is 19.9. The van der Waals surface area contributed by atoms with Crippen molar-refractivity contribution < 1.29 is 14.3 Å². The first-order valence-corrected chi connectivity index (χ1v) is 9.73. The molecule has 2 heterocycles. The van der Waals surface area contributed by atoms with Crippen molar-refractivity contribution in [3.8, 4) is 11.5 Å². The Labute approximate surface area is 169 Å². The molecule has 3 aromatic rings. The number of benzene rings is 2. The van der Waals surface area contributed by atoms with Crippen LogP contribution in [0.15, 0.2) is 66.9 Å². The number of fused-ring (bicyclic) bond motifs is 1. The van der Waals surface area contributed by atoms with Crippen LogP contribution < -0.4 is 20.1 Å². The number of hydrogen-bond acceptors (Lipinski definition) is 5. The number of aryl methyl sites for hydroxylation is 1. The lowest BCUT2D eigenvalue weighted by molar-refractivity contribution is 0.102. The monoisotopic (exact) mass is 389 g/mol. The second-order valence-electron chi connectivity index (χ2n) is 6.76. The van der Waals surface area contributed by atoms with Gasteiger partial charge in [-0.1, -0.05) is 30.3 Å². The van der Waals surface area contributed by atoms with Gasteiger partial charge in [-0.05, 0) is 42.7 Å². The third kappa shape index (κ3) is 5.04. The number of rotatable bonds is 7. The molecule has 29 heavy (non-hydrogen) atoms. The van der Waals surface area contributed by atoms with Crippen LogP contribution in [0.1, 0.15) is 22.5 Å². The molecule has 2 aromatic carbocycles. The molecule has 1 aromatic heterocycles. The molecule has 0 unspecified atom stereocenters. The molecule has 0 radical (unpaired) electrons. The molecule has 1 aliphatic rings. The number of pyridine rings is 1. The SMILES string of the molecule is O=C(Nc1ccc2c(c1)OCCO2)c1cc(NCCCc2ccccc2)ccn1. The smallest absolute Gasteiger partial charge is 0.274 e. The lowest BCUT2D eigenvalue weighted by atomic mass is 10.1. The third-order valence-corrected chi connectivity index (χ3v) is 4.61. The fraction of sp³-hybridized carbons (Fsp3) is 0.217. The highest BCUT2D eigenvalue weighted by molar-refractivity contribution is 6.03. The minimum absolute atomic E-state index is 0.269. The van der Waals surface area contributed by atoms with Crippen LogP contribution in [-0.2, 0) is 6.42 Å². The zero-order valence-corrected chi connectivity index (χ0v) is 16.1. The van der Waals surface area contributed by atoms with Gasteiger partial charge in [-0.25, -0.2) is 0 Å². The topological polar surface area (TPSA) is 72.5 Å². The number of hydrogen-bond donors (Lipinski definition) is 2. The van der Waals surface area contributed by atoms with Gasteiger partial charge in [0.15, 0.2) is 11.5 Å². The van der Waals surface area contributed by atoms with Crippen molar-refractivity contribution in [2.24, 2.45) is 0 Å². The molecule has 0 spiro atoms. The third-order valence-electron chi connectivity index (χ3n) is 4.61. The summed E-state index contributed by atoms with van der Waals surface area (Å²) < 4.78 is 11.1. The number of ether oxygens (including phenoxy) is 2. The van der Waals surface area contributed by atoms with E-state index >= 15 is 0 Å². The first-order valence-electron chi connectivity index (χ1n) is 9.73. The van der Waals surface area contributed by atoms with E-state index in [-0.39, 0.29) is 5.91 Å². The molecule has 6 heteroatoms. The van der Waals surface area contributed by atoms with Gasteiger partial charge in [-0.15, -0.1) is 0 Å². The Bertz CT molecular complexity index is 976. The molecule has 0 aliphatic carbocycles. The van der Waals surface area contributed by atoms with Crippen LogP contribution in [0.4, 0.5) is 11.4 Å². The van der Waals surface area contributed by atoms with Gasteiger partial charge in [0.25, 0.3) is 5.91 Å². The van der Waals surface area contributed by atoms with Gasteiger partial charge in [0.2, 0.25) is 0 Å². The second kappa shape index (κ2) is 9.10. The Balaban J connectivity index is 1.32. The second-order valence-corrected chi connectivity index (χ2v) is 6.76. The van der Waals surface area contributed by atoms with E-state index in [0.717, 1.165) is 25.1 Å². The van der Waals surface area contributed by atoms with Crippen molar-refractivity contribution in [3.05, 3.63) is 78.1 Å². The van der Waals surface area contributed by atoms with E-state index < -0.39 is 0 Å². The van der Waals surface area contributed by atoms with Crippen molar-refractivity contribution in [1.82, 2.24) is 4.98 Å². The largest absolute Gasteiger partial charge is 0.486 e. The van der Waals surface area contributed by atoms with Crippen LogP contribution in [0.3, 0.4) is 0 Å². The Kier molecular flexibility index (Phi) is 5.90. The maximum absolute atomic E-state index is 12.6. The highest BCUT2D eigenvalue weighted by Gasteiger charge is 2.14. The Morgan fingerprint density at radius 2 is 1.76 bits per heavy atom. The van der Waals surface area contributed by atoms with E-state index in [0.29, 0.717) is 36.1 Å². The molecule has 6 nitrogen and oxygen atoms in total. The van der Waals surface area contributed by atoms with E-state index in [4.69, 9.17) is 9.47 Å². The predicted octanol–water partition coefficient (Wildman–Crippen LogP) is 4.15. The van der Waals surface area contributed by atoms with Crippen molar-refractivity contribution in [2.45, 2.75) is 12.8 Å². The maximum atomic E-state index is 12.6. The summed E-state index contributed by atoms with van der Waals surface area (Å²) in [5, 5.41) is 6.22. The fourth-order valence-electron chi connectivity index (χ4n) is 3.15. The molecule has 0 saturated carbocycles. The van der Waals surface area contributed by atoms with E-state index in [9.17, 15) is 4.79 Å². The molecular weight excluding hydrogens is 366 g/mol. The number of carbonyl (C=O) groups is 1. The molecule has 0 bridgehead atoms. The number of anilines is 2. The highest BCUT2D eigenvalue weighted by atomic mass is 16.6. The van der Waals surface area contributed by atoms with Gasteiger partial charge in [0, 0.05) is 30.2 Å². The molecule has 148 valence electrons. The van der Waals surface area contributed by atoms with Crippen LogP contribution in [-0.4, -0.2) is 30.6 Å². The average molecular weight is 389 g/mol. The number of nitrogens with zero attached hydrogens (tertiary/aromatic N) is 1. The van der Waals surface area contributed by atoms with Crippen molar-refractivity contribution in [1.29, 1.82) is 0 Å². The zero-order valence-electron chi connectivity index (χ0n) is 16.1. The Morgan fingerprint density at radius 1 is 0.931 bits per heavy atom. The van der Waals surface area contributed by atoms with Crippen LogP contribution in [0.5, 0.6) is 11.5 Å². The van der Waals surface area contributed by atoms with E-state index in [1.807, 2.05) is 12.1 Å². The van der Waals surface area contributed by atoms with Gasteiger partial charge < -0.3 is 20.1 Å². The molecule has 1 amide bonds. The highest BCUT2D eigenvalue weighted by Crippen LogP contribution is 2.32. The van der Waals surface area contributed by atoms with Crippen molar-refractivity contribution >= 4 is 17.3 Å².